The summed E-state index contributed by atoms with van der Waals surface area (Å²) in [4.78, 5) is 25.3. The highest BCUT2D eigenvalue weighted by Crippen LogP contribution is 2.60. The van der Waals surface area contributed by atoms with E-state index in [2.05, 4.69) is 5.32 Å². The molecule has 4 aliphatic carbocycles. The van der Waals surface area contributed by atoms with Crippen molar-refractivity contribution in [3.8, 4) is 0 Å². The SMILES string of the molecule is COCC(CC(=O)C12CC3CC(CC(C3)C1)C2)NC(=O)OC(C)(C)C. The number of methoxy groups -OCH3 is 1. The van der Waals surface area contributed by atoms with Crippen molar-refractivity contribution in [2.24, 2.45) is 23.2 Å². The first-order valence-electron chi connectivity index (χ1n) is 9.71. The Hall–Kier alpha value is -1.10. The summed E-state index contributed by atoms with van der Waals surface area (Å²) in [5.41, 5.74) is -0.679. The number of rotatable bonds is 6. The number of Topliss-reactive ketones (excluding diaryl/α,β-unsaturated/α-hetero) is 1. The second kappa shape index (κ2) is 6.90. The molecule has 1 N–H and O–H groups in total. The number of ketones is 1. The lowest BCUT2D eigenvalue weighted by atomic mass is 9.48. The molecule has 4 bridgehead atoms. The van der Waals surface area contributed by atoms with E-state index in [4.69, 9.17) is 9.47 Å². The third kappa shape index (κ3) is 4.36. The molecule has 0 aromatic carbocycles. The van der Waals surface area contributed by atoms with Crippen molar-refractivity contribution in [3.05, 3.63) is 0 Å². The molecule has 1 amide bonds. The van der Waals surface area contributed by atoms with Gasteiger partial charge >= 0.3 is 6.09 Å². The molecule has 0 saturated heterocycles. The monoisotopic (exact) mass is 351 g/mol. The number of hydrogen-bond donors (Lipinski definition) is 1. The predicted octanol–water partition coefficient (Wildman–Crippen LogP) is 3.70. The van der Waals surface area contributed by atoms with Crippen LogP contribution in [0.5, 0.6) is 0 Å². The molecule has 4 fully saturated rings. The van der Waals surface area contributed by atoms with Gasteiger partial charge in [-0.1, -0.05) is 0 Å². The molecule has 5 heteroatoms. The van der Waals surface area contributed by atoms with Gasteiger partial charge in [-0.15, -0.1) is 0 Å². The molecule has 0 radical (unpaired) electrons. The molecule has 0 aromatic heterocycles. The number of alkyl carbamates (subject to hydrolysis) is 1. The van der Waals surface area contributed by atoms with Crippen LogP contribution in [0.25, 0.3) is 0 Å². The van der Waals surface area contributed by atoms with E-state index < -0.39 is 11.7 Å². The normalized spacial score (nSPS) is 34.6. The summed E-state index contributed by atoms with van der Waals surface area (Å²) in [6.07, 6.45) is 7.02. The second-order valence-electron chi connectivity index (χ2n) is 9.62. The number of carbonyl (C=O) groups is 2. The van der Waals surface area contributed by atoms with Gasteiger partial charge in [0.25, 0.3) is 0 Å². The number of carbonyl (C=O) groups excluding carboxylic acids is 2. The van der Waals surface area contributed by atoms with Crippen LogP contribution in [0, 0.1) is 23.2 Å². The van der Waals surface area contributed by atoms with E-state index in [-0.39, 0.29) is 11.5 Å². The fourth-order valence-electron chi connectivity index (χ4n) is 5.72. The molecule has 4 rings (SSSR count). The Balaban J connectivity index is 1.62. The van der Waals surface area contributed by atoms with Gasteiger partial charge in [0.2, 0.25) is 0 Å². The van der Waals surface area contributed by atoms with Gasteiger partial charge in [-0.05, 0) is 77.0 Å². The summed E-state index contributed by atoms with van der Waals surface area (Å²) in [6.45, 7) is 5.83. The van der Waals surface area contributed by atoms with Crippen LogP contribution in [0.3, 0.4) is 0 Å². The minimum Gasteiger partial charge on any atom is -0.444 e. The van der Waals surface area contributed by atoms with Gasteiger partial charge in [0.15, 0.2) is 0 Å². The van der Waals surface area contributed by atoms with Gasteiger partial charge in [0, 0.05) is 18.9 Å². The van der Waals surface area contributed by atoms with Crippen molar-refractivity contribution < 1.29 is 19.1 Å². The molecule has 0 heterocycles. The zero-order valence-electron chi connectivity index (χ0n) is 16.1. The van der Waals surface area contributed by atoms with Gasteiger partial charge < -0.3 is 14.8 Å². The fourth-order valence-corrected chi connectivity index (χ4v) is 5.72. The Morgan fingerprint density at radius 1 is 1.08 bits per heavy atom. The largest absolute Gasteiger partial charge is 0.444 e. The molecule has 142 valence electrons. The van der Waals surface area contributed by atoms with Gasteiger partial charge in [-0.3, -0.25) is 4.79 Å². The van der Waals surface area contributed by atoms with E-state index in [1.165, 1.54) is 19.3 Å². The summed E-state index contributed by atoms with van der Waals surface area (Å²) in [5, 5.41) is 2.83. The van der Waals surface area contributed by atoms with Crippen LogP contribution < -0.4 is 5.32 Å². The molecule has 4 aliphatic rings. The van der Waals surface area contributed by atoms with E-state index in [0.29, 0.717) is 18.8 Å². The highest BCUT2D eigenvalue weighted by Gasteiger charge is 2.54. The smallest absolute Gasteiger partial charge is 0.407 e. The van der Waals surface area contributed by atoms with Gasteiger partial charge in [0.05, 0.1) is 12.6 Å². The molecule has 0 spiro atoms. The van der Waals surface area contributed by atoms with Crippen molar-refractivity contribution in [2.45, 2.75) is 77.4 Å². The van der Waals surface area contributed by atoms with Gasteiger partial charge in [-0.2, -0.15) is 0 Å². The van der Waals surface area contributed by atoms with Crippen LogP contribution in [-0.2, 0) is 14.3 Å². The quantitative estimate of drug-likeness (QED) is 0.792. The number of nitrogens with one attached hydrogen (secondary N) is 1. The Bertz CT molecular complexity index is 487. The van der Waals surface area contributed by atoms with Crippen LogP contribution >= 0.6 is 0 Å². The molecule has 4 saturated carbocycles. The Morgan fingerprint density at radius 3 is 2.04 bits per heavy atom. The molecule has 0 aliphatic heterocycles. The van der Waals surface area contributed by atoms with E-state index in [1.807, 2.05) is 20.8 Å². The molecule has 25 heavy (non-hydrogen) atoms. The first-order chi connectivity index (χ1) is 11.7. The zero-order valence-corrected chi connectivity index (χ0v) is 16.1. The maximum absolute atomic E-state index is 13.2. The minimum atomic E-state index is -0.550. The summed E-state index contributed by atoms with van der Waals surface area (Å²) < 4.78 is 10.6. The first-order valence-corrected chi connectivity index (χ1v) is 9.71. The lowest BCUT2D eigenvalue weighted by molar-refractivity contribution is -0.144. The standard InChI is InChI=1S/C20H33NO4/c1-19(2,3)25-18(23)21-16(12-24-4)8-17(22)20-9-13-5-14(10-20)7-15(6-13)11-20/h13-16H,5-12H2,1-4H3,(H,21,23). The summed E-state index contributed by atoms with van der Waals surface area (Å²) in [7, 11) is 1.60. The van der Waals surface area contributed by atoms with Crippen LogP contribution in [0.2, 0.25) is 0 Å². The lowest BCUT2D eigenvalue weighted by Crippen LogP contribution is -2.52. The second-order valence-corrected chi connectivity index (χ2v) is 9.62. The van der Waals surface area contributed by atoms with Crippen molar-refractivity contribution in [2.75, 3.05) is 13.7 Å². The summed E-state index contributed by atoms with van der Waals surface area (Å²) in [5.74, 6) is 2.56. The number of hydrogen-bond acceptors (Lipinski definition) is 4. The highest BCUT2D eigenvalue weighted by atomic mass is 16.6. The molecular formula is C20H33NO4. The maximum Gasteiger partial charge on any atom is 0.407 e. The summed E-state index contributed by atoms with van der Waals surface area (Å²) in [6, 6.07) is -0.319. The van der Waals surface area contributed by atoms with E-state index >= 15 is 0 Å². The average molecular weight is 351 g/mol. The van der Waals surface area contributed by atoms with Crippen molar-refractivity contribution in [1.29, 1.82) is 0 Å². The molecule has 1 unspecified atom stereocenters. The Labute approximate surface area is 151 Å². The molecular weight excluding hydrogens is 318 g/mol. The van der Waals surface area contributed by atoms with Crippen molar-refractivity contribution >= 4 is 11.9 Å². The lowest BCUT2D eigenvalue weighted by Gasteiger charge is -2.56. The van der Waals surface area contributed by atoms with Gasteiger partial charge in [-0.25, -0.2) is 4.79 Å². The topological polar surface area (TPSA) is 64.6 Å². The Kier molecular flexibility index (Phi) is 5.16. The van der Waals surface area contributed by atoms with Crippen molar-refractivity contribution in [1.82, 2.24) is 5.32 Å². The van der Waals surface area contributed by atoms with Gasteiger partial charge in [0.1, 0.15) is 11.4 Å². The van der Waals surface area contributed by atoms with Crippen molar-refractivity contribution in [3.63, 3.8) is 0 Å². The average Bonchev–Trinajstić information content (AvgIpc) is 2.43. The highest BCUT2D eigenvalue weighted by molar-refractivity contribution is 5.86. The van der Waals surface area contributed by atoms with Crippen LogP contribution in [-0.4, -0.2) is 37.2 Å². The van der Waals surface area contributed by atoms with Crippen LogP contribution in [0.15, 0.2) is 0 Å². The first kappa shape index (κ1) is 18.7. The number of ether oxygens (including phenoxy) is 2. The van der Waals surface area contributed by atoms with Crippen LogP contribution in [0.4, 0.5) is 4.79 Å². The number of amides is 1. The minimum absolute atomic E-state index is 0.129. The molecule has 5 nitrogen and oxygen atoms in total. The Morgan fingerprint density at radius 2 is 1.60 bits per heavy atom. The summed E-state index contributed by atoms with van der Waals surface area (Å²) >= 11 is 0. The predicted molar refractivity (Wildman–Crippen MR) is 95.3 cm³/mol. The molecule has 1 atom stereocenters. The van der Waals surface area contributed by atoms with E-state index in [9.17, 15) is 9.59 Å². The third-order valence-electron chi connectivity index (χ3n) is 6.15. The zero-order chi connectivity index (χ0) is 18.2. The third-order valence-corrected chi connectivity index (χ3v) is 6.15. The molecule has 0 aromatic rings. The van der Waals surface area contributed by atoms with Crippen LogP contribution in [0.1, 0.15) is 65.7 Å². The fraction of sp³-hybridized carbons (Fsp3) is 0.900. The van der Waals surface area contributed by atoms with E-state index in [1.54, 1.807) is 7.11 Å². The van der Waals surface area contributed by atoms with E-state index in [0.717, 1.165) is 37.0 Å². The maximum atomic E-state index is 13.2.